The second-order valence-electron chi connectivity index (χ2n) is 7.50. The Morgan fingerprint density at radius 1 is 1.32 bits per heavy atom. The van der Waals surface area contributed by atoms with E-state index in [9.17, 15) is 5.11 Å². The van der Waals surface area contributed by atoms with E-state index in [0.29, 0.717) is 11.8 Å². The maximum absolute atomic E-state index is 10.6. The number of rotatable bonds is 1. The molecule has 1 spiro atoms. The van der Waals surface area contributed by atoms with E-state index in [1.807, 2.05) is 12.1 Å². The minimum absolute atomic E-state index is 0.0389. The summed E-state index contributed by atoms with van der Waals surface area (Å²) in [5, 5.41) is 10.6. The molecule has 2 bridgehead atoms. The summed E-state index contributed by atoms with van der Waals surface area (Å²) in [7, 11) is 1.70. The van der Waals surface area contributed by atoms with Crippen molar-refractivity contribution in [2.45, 2.75) is 43.8 Å². The van der Waals surface area contributed by atoms with Crippen molar-refractivity contribution >= 4 is 0 Å². The van der Waals surface area contributed by atoms with Gasteiger partial charge in [0.05, 0.1) is 7.11 Å². The van der Waals surface area contributed by atoms with Crippen LogP contribution in [0.5, 0.6) is 11.5 Å². The molecule has 6 atom stereocenters. The quantitative estimate of drug-likeness (QED) is 0.810. The Bertz CT molecular complexity index is 680. The van der Waals surface area contributed by atoms with Crippen LogP contribution in [0, 0.1) is 17.8 Å². The highest BCUT2D eigenvalue weighted by Gasteiger charge is 2.64. The van der Waals surface area contributed by atoms with Gasteiger partial charge < -0.3 is 14.6 Å². The number of ether oxygens (including phenoxy) is 2. The molecule has 0 radical (unpaired) electrons. The highest BCUT2D eigenvalue weighted by atomic mass is 16.5. The van der Waals surface area contributed by atoms with E-state index in [2.05, 4.69) is 19.1 Å². The zero-order chi connectivity index (χ0) is 15.1. The van der Waals surface area contributed by atoms with Crippen molar-refractivity contribution in [3.05, 3.63) is 35.4 Å². The zero-order valence-corrected chi connectivity index (χ0v) is 13.1. The first kappa shape index (κ1) is 13.0. The molecule has 1 aromatic rings. The van der Waals surface area contributed by atoms with Crippen LogP contribution in [0.3, 0.4) is 0 Å². The summed E-state index contributed by atoms with van der Waals surface area (Å²) in [5.74, 6) is 3.59. The van der Waals surface area contributed by atoms with Gasteiger partial charge in [0.15, 0.2) is 11.5 Å². The Hall–Kier alpha value is -1.48. The first-order valence-corrected chi connectivity index (χ1v) is 8.40. The molecule has 116 valence electrons. The third-order valence-electron chi connectivity index (χ3n) is 6.73. The summed E-state index contributed by atoms with van der Waals surface area (Å²) < 4.78 is 11.9. The molecule has 0 saturated heterocycles. The van der Waals surface area contributed by atoms with Crippen molar-refractivity contribution in [3.63, 3.8) is 0 Å². The molecular weight excluding hydrogens is 276 g/mol. The van der Waals surface area contributed by atoms with Gasteiger partial charge in [-0.1, -0.05) is 25.1 Å². The number of benzene rings is 1. The van der Waals surface area contributed by atoms with E-state index in [1.165, 1.54) is 17.5 Å². The number of hydrogen-bond acceptors (Lipinski definition) is 3. The molecule has 1 aromatic carbocycles. The van der Waals surface area contributed by atoms with Crippen molar-refractivity contribution in [1.29, 1.82) is 0 Å². The van der Waals surface area contributed by atoms with E-state index in [0.717, 1.165) is 30.3 Å². The molecule has 3 aliphatic carbocycles. The molecule has 5 rings (SSSR count). The lowest BCUT2D eigenvalue weighted by molar-refractivity contribution is -0.0401. The van der Waals surface area contributed by atoms with Gasteiger partial charge in [-0.3, -0.25) is 0 Å². The largest absolute Gasteiger partial charge is 0.493 e. The van der Waals surface area contributed by atoms with Crippen LogP contribution in [0.1, 0.15) is 30.9 Å². The van der Waals surface area contributed by atoms with Crippen molar-refractivity contribution in [1.82, 2.24) is 0 Å². The molecule has 3 heteroatoms. The van der Waals surface area contributed by atoms with Crippen LogP contribution in [0.25, 0.3) is 0 Å². The van der Waals surface area contributed by atoms with Crippen molar-refractivity contribution in [2.75, 3.05) is 7.11 Å². The van der Waals surface area contributed by atoms with Gasteiger partial charge in [-0.2, -0.15) is 0 Å². The second-order valence-corrected chi connectivity index (χ2v) is 7.50. The molecule has 3 nitrogen and oxygen atoms in total. The maximum atomic E-state index is 10.6. The molecular formula is C19H22O3. The van der Waals surface area contributed by atoms with Crippen molar-refractivity contribution < 1.29 is 14.6 Å². The number of aliphatic hydroxyl groups is 1. The van der Waals surface area contributed by atoms with E-state index in [4.69, 9.17) is 9.47 Å². The third kappa shape index (κ3) is 1.28. The fraction of sp³-hybridized carbons (Fsp3) is 0.579. The monoisotopic (exact) mass is 298 g/mol. The van der Waals surface area contributed by atoms with Crippen LogP contribution in [0.15, 0.2) is 24.3 Å². The standard InChI is InChI=1S/C19H22O3/c1-10-7-8-19-13-4-5-14(20)18(19)22-17-15(21-2)6-3-11(16(17)19)9-12(10)13/h3-6,10,12-14,18,20H,7-9H2,1-2H3/t10?,12-,13-,14-,18-,19-/m0/s1. The highest BCUT2D eigenvalue weighted by molar-refractivity contribution is 5.61. The van der Waals surface area contributed by atoms with E-state index in [1.54, 1.807) is 7.11 Å². The summed E-state index contributed by atoms with van der Waals surface area (Å²) in [5.41, 5.74) is 2.71. The molecule has 0 aromatic heterocycles. The van der Waals surface area contributed by atoms with Gasteiger partial charge in [-0.15, -0.1) is 0 Å². The van der Waals surface area contributed by atoms with Gasteiger partial charge in [-0.25, -0.2) is 0 Å². The highest BCUT2D eigenvalue weighted by Crippen LogP contribution is 2.65. The smallest absolute Gasteiger partial charge is 0.165 e. The van der Waals surface area contributed by atoms with Crippen LogP contribution in [0.4, 0.5) is 0 Å². The molecule has 1 aliphatic heterocycles. The first-order valence-electron chi connectivity index (χ1n) is 8.40. The maximum Gasteiger partial charge on any atom is 0.165 e. The van der Waals surface area contributed by atoms with Gasteiger partial charge in [-0.05, 0) is 48.6 Å². The summed E-state index contributed by atoms with van der Waals surface area (Å²) in [6, 6.07) is 4.25. The first-order chi connectivity index (χ1) is 10.7. The SMILES string of the molecule is COc1ccc2c3c1O[C@H]1[C@@H](O)C=C[C@H]4[C@@H](C2)C(C)CC[C@@]341. The molecule has 1 heterocycles. The van der Waals surface area contributed by atoms with Gasteiger partial charge in [0.1, 0.15) is 12.2 Å². The van der Waals surface area contributed by atoms with Gasteiger partial charge in [0.25, 0.3) is 0 Å². The van der Waals surface area contributed by atoms with Gasteiger partial charge in [0, 0.05) is 11.0 Å². The van der Waals surface area contributed by atoms with Crippen LogP contribution >= 0.6 is 0 Å². The normalized spacial score (nSPS) is 43.5. The van der Waals surface area contributed by atoms with Crippen LogP contribution in [-0.4, -0.2) is 24.4 Å². The van der Waals surface area contributed by atoms with Crippen molar-refractivity contribution in [3.8, 4) is 11.5 Å². The molecule has 22 heavy (non-hydrogen) atoms. The summed E-state index contributed by atoms with van der Waals surface area (Å²) >= 11 is 0. The van der Waals surface area contributed by atoms with Crippen LogP contribution < -0.4 is 9.47 Å². The minimum Gasteiger partial charge on any atom is -0.493 e. The molecule has 1 unspecified atom stereocenters. The van der Waals surface area contributed by atoms with E-state index < -0.39 is 6.10 Å². The second kappa shape index (κ2) is 4.08. The Balaban J connectivity index is 1.82. The van der Waals surface area contributed by atoms with Gasteiger partial charge >= 0.3 is 0 Å². The van der Waals surface area contributed by atoms with Crippen molar-refractivity contribution in [2.24, 2.45) is 17.8 Å². The predicted molar refractivity (Wildman–Crippen MR) is 83.3 cm³/mol. The Morgan fingerprint density at radius 3 is 3.00 bits per heavy atom. The minimum atomic E-state index is -0.520. The fourth-order valence-electron chi connectivity index (χ4n) is 5.75. The Labute approximate surface area is 130 Å². The van der Waals surface area contributed by atoms with Crippen LogP contribution in [-0.2, 0) is 11.8 Å². The van der Waals surface area contributed by atoms with E-state index >= 15 is 0 Å². The lowest BCUT2D eigenvalue weighted by atomic mass is 9.48. The molecule has 1 saturated carbocycles. The molecule has 1 fully saturated rings. The number of aliphatic hydroxyl groups excluding tert-OH is 1. The Kier molecular flexibility index (Phi) is 2.41. The lowest BCUT2D eigenvalue weighted by Crippen LogP contribution is -2.59. The molecule has 4 aliphatic rings. The predicted octanol–water partition coefficient (Wildman–Crippen LogP) is 2.84. The third-order valence-corrected chi connectivity index (χ3v) is 6.73. The number of methoxy groups -OCH3 is 1. The molecule has 1 N–H and O–H groups in total. The Morgan fingerprint density at radius 2 is 2.18 bits per heavy atom. The summed E-state index contributed by atoms with van der Waals surface area (Å²) in [4.78, 5) is 0. The zero-order valence-electron chi connectivity index (χ0n) is 13.1. The molecule has 0 amide bonds. The summed E-state index contributed by atoms with van der Waals surface area (Å²) in [6.07, 6.45) is 7.02. The lowest BCUT2D eigenvalue weighted by Gasteiger charge is -2.55. The number of allylic oxidation sites excluding steroid dienone is 1. The van der Waals surface area contributed by atoms with Gasteiger partial charge in [0.2, 0.25) is 0 Å². The number of hydrogen-bond donors (Lipinski definition) is 1. The topological polar surface area (TPSA) is 38.7 Å². The average molecular weight is 298 g/mol. The van der Waals surface area contributed by atoms with Crippen LogP contribution in [0.2, 0.25) is 0 Å². The van der Waals surface area contributed by atoms with E-state index in [-0.39, 0.29) is 11.5 Å². The summed E-state index contributed by atoms with van der Waals surface area (Å²) in [6.45, 7) is 2.39. The fourth-order valence-corrected chi connectivity index (χ4v) is 5.75. The average Bonchev–Trinajstić information content (AvgIpc) is 2.88.